The number of benzene rings is 1. The van der Waals surface area contributed by atoms with Crippen LogP contribution < -0.4 is 4.90 Å². The van der Waals surface area contributed by atoms with Gasteiger partial charge in [-0.3, -0.25) is 0 Å². The number of aromatic nitrogens is 1. The monoisotopic (exact) mass is 318 g/mol. The first-order valence-electron chi connectivity index (χ1n) is 7.41. The number of β-amino-alcohol motifs (C(OH)–C–C–N with tert-alkyl or cyclic N) is 1. The van der Waals surface area contributed by atoms with E-state index in [1.165, 1.54) is 0 Å². The van der Waals surface area contributed by atoms with Gasteiger partial charge in [0.1, 0.15) is 5.60 Å². The molecule has 7 heteroatoms. The van der Waals surface area contributed by atoms with Crippen LogP contribution in [0.4, 0.5) is 5.82 Å². The average Bonchev–Trinajstić information content (AvgIpc) is 3.01. The Hall–Kier alpha value is -2.38. The first-order chi connectivity index (χ1) is 11.0. The Morgan fingerprint density at radius 2 is 2.09 bits per heavy atom. The minimum Gasteiger partial charge on any atom is -0.477 e. The third-order valence-electron chi connectivity index (χ3n) is 4.07. The highest BCUT2D eigenvalue weighted by atomic mass is 16.5. The van der Waals surface area contributed by atoms with Crippen LogP contribution in [0, 0.1) is 0 Å². The van der Waals surface area contributed by atoms with Crippen LogP contribution in [-0.4, -0.2) is 51.7 Å². The summed E-state index contributed by atoms with van der Waals surface area (Å²) < 4.78 is 5.28. The number of hydrogen-bond donors (Lipinski definition) is 3. The molecule has 3 rings (SSSR count). The highest BCUT2D eigenvalue weighted by molar-refractivity contribution is 5.99. The summed E-state index contributed by atoms with van der Waals surface area (Å²) >= 11 is 0. The van der Waals surface area contributed by atoms with Crippen LogP contribution in [0.15, 0.2) is 34.9 Å². The van der Waals surface area contributed by atoms with E-state index in [0.29, 0.717) is 24.9 Å². The van der Waals surface area contributed by atoms with Crippen molar-refractivity contribution in [3.8, 4) is 11.3 Å². The SMILES string of the molecule is O=C(O)c1c(N2CCCC(O)(CO)C2)noc1-c1ccccc1. The van der Waals surface area contributed by atoms with E-state index in [2.05, 4.69) is 5.16 Å². The van der Waals surface area contributed by atoms with Gasteiger partial charge < -0.3 is 24.7 Å². The Morgan fingerprint density at radius 1 is 1.35 bits per heavy atom. The maximum absolute atomic E-state index is 11.7. The van der Waals surface area contributed by atoms with Crippen molar-refractivity contribution in [3.63, 3.8) is 0 Å². The van der Waals surface area contributed by atoms with E-state index in [4.69, 9.17) is 4.52 Å². The number of anilines is 1. The largest absolute Gasteiger partial charge is 0.477 e. The van der Waals surface area contributed by atoms with Crippen molar-refractivity contribution in [3.05, 3.63) is 35.9 Å². The van der Waals surface area contributed by atoms with Crippen LogP contribution in [-0.2, 0) is 0 Å². The highest BCUT2D eigenvalue weighted by Crippen LogP contribution is 2.34. The molecular formula is C16H18N2O5. The molecule has 1 atom stereocenters. The lowest BCUT2D eigenvalue weighted by Gasteiger charge is -2.38. The number of aromatic carboxylic acids is 1. The summed E-state index contributed by atoms with van der Waals surface area (Å²) in [7, 11) is 0. The van der Waals surface area contributed by atoms with Crippen LogP contribution in [0.1, 0.15) is 23.2 Å². The van der Waals surface area contributed by atoms with Crippen LogP contribution in [0.3, 0.4) is 0 Å². The first-order valence-corrected chi connectivity index (χ1v) is 7.41. The molecule has 7 nitrogen and oxygen atoms in total. The van der Waals surface area contributed by atoms with Crippen LogP contribution in [0.25, 0.3) is 11.3 Å². The standard InChI is InChI=1S/C16H18N2O5/c19-10-16(22)7-4-8-18(9-16)14-12(15(20)21)13(23-17-14)11-5-2-1-3-6-11/h1-3,5-6,19,22H,4,7-10H2,(H,20,21). The second-order valence-electron chi connectivity index (χ2n) is 5.79. The van der Waals surface area contributed by atoms with Gasteiger partial charge in [0.15, 0.2) is 17.1 Å². The molecule has 2 heterocycles. The number of carbonyl (C=O) groups is 1. The number of piperidine rings is 1. The Morgan fingerprint density at radius 3 is 2.74 bits per heavy atom. The van der Waals surface area contributed by atoms with Gasteiger partial charge in [-0.25, -0.2) is 4.79 Å². The Kier molecular flexibility index (Phi) is 4.06. The highest BCUT2D eigenvalue weighted by Gasteiger charge is 2.36. The van der Waals surface area contributed by atoms with Gasteiger partial charge in [0.05, 0.1) is 13.2 Å². The van der Waals surface area contributed by atoms with Gasteiger partial charge in [-0.05, 0) is 12.8 Å². The van der Waals surface area contributed by atoms with Crippen molar-refractivity contribution in [2.24, 2.45) is 0 Å². The van der Waals surface area contributed by atoms with Crippen molar-refractivity contribution in [1.29, 1.82) is 0 Å². The van der Waals surface area contributed by atoms with Gasteiger partial charge in [-0.1, -0.05) is 35.5 Å². The summed E-state index contributed by atoms with van der Waals surface area (Å²) in [6.45, 7) is 0.281. The molecule has 3 N–H and O–H groups in total. The molecule has 1 aromatic heterocycles. The van der Waals surface area contributed by atoms with Gasteiger partial charge in [0, 0.05) is 12.1 Å². The molecule has 0 aliphatic carbocycles. The smallest absolute Gasteiger partial charge is 0.343 e. The summed E-state index contributed by atoms with van der Waals surface area (Å²) in [5.74, 6) is -0.771. The summed E-state index contributed by atoms with van der Waals surface area (Å²) in [6.07, 6.45) is 1.09. The van der Waals surface area contributed by atoms with Gasteiger partial charge in [0.25, 0.3) is 0 Å². The molecule has 0 radical (unpaired) electrons. The Bertz CT molecular complexity index is 700. The number of nitrogens with zero attached hydrogens (tertiary/aromatic N) is 2. The van der Waals surface area contributed by atoms with Gasteiger partial charge in [-0.15, -0.1) is 0 Å². The normalized spacial score (nSPS) is 21.4. The predicted molar refractivity (Wildman–Crippen MR) is 82.4 cm³/mol. The third-order valence-corrected chi connectivity index (χ3v) is 4.07. The van der Waals surface area contributed by atoms with Crippen LogP contribution in [0.5, 0.6) is 0 Å². The van der Waals surface area contributed by atoms with E-state index >= 15 is 0 Å². The molecule has 1 fully saturated rings. The molecule has 0 saturated carbocycles. The summed E-state index contributed by atoms with van der Waals surface area (Å²) in [5, 5.41) is 33.1. The third kappa shape index (κ3) is 2.93. The lowest BCUT2D eigenvalue weighted by atomic mass is 9.93. The molecule has 23 heavy (non-hydrogen) atoms. The minimum absolute atomic E-state index is 0.0293. The number of carboxylic acid groups (broad SMARTS) is 1. The van der Waals surface area contributed by atoms with E-state index in [9.17, 15) is 20.1 Å². The summed E-state index contributed by atoms with van der Waals surface area (Å²) in [4.78, 5) is 13.4. The Balaban J connectivity index is 2.00. The van der Waals surface area contributed by atoms with E-state index in [0.717, 1.165) is 0 Å². The minimum atomic E-state index is -1.25. The number of rotatable bonds is 4. The fourth-order valence-corrected chi connectivity index (χ4v) is 2.90. The molecule has 0 bridgehead atoms. The van der Waals surface area contributed by atoms with Crippen LogP contribution in [0.2, 0.25) is 0 Å². The lowest BCUT2D eigenvalue weighted by Crippen LogP contribution is -2.51. The van der Waals surface area contributed by atoms with E-state index in [1.807, 2.05) is 6.07 Å². The lowest BCUT2D eigenvalue weighted by molar-refractivity contribution is -0.0243. The van der Waals surface area contributed by atoms with Gasteiger partial charge >= 0.3 is 5.97 Å². The average molecular weight is 318 g/mol. The quantitative estimate of drug-likeness (QED) is 0.781. The fraction of sp³-hybridized carbons (Fsp3) is 0.375. The fourth-order valence-electron chi connectivity index (χ4n) is 2.90. The van der Waals surface area contributed by atoms with Crippen molar-refractivity contribution in [2.75, 3.05) is 24.6 Å². The molecule has 1 aliphatic heterocycles. The molecule has 1 unspecified atom stereocenters. The number of carboxylic acids is 1. The molecule has 0 amide bonds. The zero-order chi connectivity index (χ0) is 16.4. The molecule has 0 spiro atoms. The van der Waals surface area contributed by atoms with Crippen molar-refractivity contribution in [2.45, 2.75) is 18.4 Å². The zero-order valence-corrected chi connectivity index (χ0v) is 12.5. The Labute approximate surface area is 132 Å². The maximum Gasteiger partial charge on any atom is 0.343 e. The summed E-state index contributed by atoms with van der Waals surface area (Å²) in [5.41, 5.74) is -0.656. The topological polar surface area (TPSA) is 107 Å². The van der Waals surface area contributed by atoms with Crippen molar-refractivity contribution in [1.82, 2.24) is 5.16 Å². The molecule has 1 aliphatic rings. The van der Waals surface area contributed by atoms with Crippen LogP contribution >= 0.6 is 0 Å². The van der Waals surface area contributed by atoms with Crippen molar-refractivity contribution < 1.29 is 24.6 Å². The zero-order valence-electron chi connectivity index (χ0n) is 12.5. The molecule has 1 aromatic carbocycles. The number of hydrogen-bond acceptors (Lipinski definition) is 6. The number of aliphatic hydroxyl groups is 2. The first kappa shape index (κ1) is 15.5. The molecule has 122 valence electrons. The predicted octanol–water partition coefficient (Wildman–Crippen LogP) is 1.36. The second-order valence-corrected chi connectivity index (χ2v) is 5.79. The molecule has 1 saturated heterocycles. The van der Waals surface area contributed by atoms with E-state index in [-0.39, 0.29) is 30.3 Å². The second kappa shape index (κ2) is 6.02. The van der Waals surface area contributed by atoms with Gasteiger partial charge in [-0.2, -0.15) is 0 Å². The van der Waals surface area contributed by atoms with E-state index in [1.54, 1.807) is 29.2 Å². The number of aliphatic hydroxyl groups excluding tert-OH is 1. The molecular weight excluding hydrogens is 300 g/mol. The van der Waals surface area contributed by atoms with E-state index < -0.39 is 11.6 Å². The summed E-state index contributed by atoms with van der Waals surface area (Å²) in [6, 6.07) is 8.89. The van der Waals surface area contributed by atoms with Crippen molar-refractivity contribution >= 4 is 11.8 Å². The maximum atomic E-state index is 11.7. The molecule has 2 aromatic rings. The van der Waals surface area contributed by atoms with Gasteiger partial charge in [0.2, 0.25) is 0 Å².